The molecule has 1 amide bonds. The van der Waals surface area contributed by atoms with Crippen molar-refractivity contribution in [3.05, 3.63) is 70.5 Å². The van der Waals surface area contributed by atoms with Crippen LogP contribution in [0.2, 0.25) is 0 Å². The normalized spacial score (nSPS) is 27.4. The first-order valence-electron chi connectivity index (χ1n) is 12.7. The van der Waals surface area contributed by atoms with Crippen LogP contribution in [0.1, 0.15) is 51.5 Å². The number of carbonyl (C=O) groups excluding carboxylic acids is 1. The zero-order valence-corrected chi connectivity index (χ0v) is 22.7. The van der Waals surface area contributed by atoms with Gasteiger partial charge in [0, 0.05) is 21.2 Å². The van der Waals surface area contributed by atoms with E-state index in [2.05, 4.69) is 40.6 Å². The van der Waals surface area contributed by atoms with E-state index in [1.807, 2.05) is 48.5 Å². The molecule has 2 aromatic carbocycles. The second kappa shape index (κ2) is 9.58. The number of halogens is 1. The van der Waals surface area contributed by atoms with Gasteiger partial charge in [-0.2, -0.15) is 0 Å². The molecule has 2 bridgehead atoms. The van der Waals surface area contributed by atoms with Crippen LogP contribution in [-0.4, -0.2) is 21.9 Å². The second-order valence-electron chi connectivity index (χ2n) is 11.2. The Kier molecular flexibility index (Phi) is 6.62. The minimum absolute atomic E-state index is 0.0407. The van der Waals surface area contributed by atoms with E-state index in [9.17, 15) is 9.59 Å². The summed E-state index contributed by atoms with van der Waals surface area (Å²) in [5.41, 5.74) is 8.32. The number of anilines is 1. The number of hydrogen-bond acceptors (Lipinski definition) is 4. The summed E-state index contributed by atoms with van der Waals surface area (Å²) in [6.07, 6.45) is 5.29. The molecule has 0 aliphatic heterocycles. The maximum atomic E-state index is 13.4. The van der Waals surface area contributed by atoms with Gasteiger partial charge in [-0.05, 0) is 86.8 Å². The lowest BCUT2D eigenvalue weighted by Gasteiger charge is -2.48. The van der Waals surface area contributed by atoms with E-state index in [1.165, 1.54) is 6.42 Å². The lowest BCUT2D eigenvalue weighted by Crippen LogP contribution is -2.49. The number of rotatable bonds is 6. The summed E-state index contributed by atoms with van der Waals surface area (Å²) in [6.45, 7) is 4.84. The molecule has 2 aliphatic rings. The number of nitrogens with zero attached hydrogens (tertiary/aromatic N) is 1. The number of nitrogens with one attached hydrogen (secondary N) is 2. The van der Waals surface area contributed by atoms with Crippen molar-refractivity contribution >= 4 is 38.4 Å². The molecule has 5 rings (SSSR count). The molecule has 0 spiro atoms. The highest BCUT2D eigenvalue weighted by atomic mass is 79.9. The van der Waals surface area contributed by atoms with Crippen molar-refractivity contribution < 1.29 is 9.53 Å². The summed E-state index contributed by atoms with van der Waals surface area (Å²) in [5, 5.41) is 0.881. The van der Waals surface area contributed by atoms with Gasteiger partial charge in [-0.3, -0.25) is 20.4 Å². The maximum absolute atomic E-state index is 13.4. The number of benzene rings is 2. The van der Waals surface area contributed by atoms with Crippen molar-refractivity contribution in [2.45, 2.75) is 56.8 Å². The highest BCUT2D eigenvalue weighted by molar-refractivity contribution is 9.10. The summed E-state index contributed by atoms with van der Waals surface area (Å²) in [4.78, 5) is 26.2. The molecule has 2 saturated carbocycles. The van der Waals surface area contributed by atoms with Gasteiger partial charge in [0.25, 0.3) is 5.56 Å². The Labute approximate surface area is 220 Å². The Hall–Kier alpha value is -2.80. The fraction of sp³-hybridized carbons (Fsp3) is 0.448. The molecule has 2 aliphatic carbocycles. The number of alkyl halides is 1. The number of aromatic nitrogens is 1. The van der Waals surface area contributed by atoms with Crippen molar-refractivity contribution in [3.8, 4) is 5.75 Å². The van der Waals surface area contributed by atoms with Gasteiger partial charge in [0.2, 0.25) is 5.91 Å². The minimum Gasteiger partial charge on any atom is -0.497 e. The van der Waals surface area contributed by atoms with Gasteiger partial charge in [0.05, 0.1) is 24.9 Å². The molecule has 2 atom stereocenters. The Morgan fingerprint density at radius 1 is 1.03 bits per heavy atom. The van der Waals surface area contributed by atoms with Crippen LogP contribution >= 0.6 is 15.9 Å². The smallest absolute Gasteiger partial charge is 0.251 e. The number of hydrazine groups is 1. The summed E-state index contributed by atoms with van der Waals surface area (Å²) < 4.78 is 7.19. The molecule has 1 aromatic heterocycles. The first kappa shape index (κ1) is 24.9. The van der Waals surface area contributed by atoms with Gasteiger partial charge < -0.3 is 9.30 Å². The van der Waals surface area contributed by atoms with Crippen LogP contribution in [0.4, 0.5) is 5.69 Å². The number of methoxy groups -OCH3 is 1. The molecule has 0 radical (unpaired) electrons. The fourth-order valence-corrected chi connectivity index (χ4v) is 7.48. The third-order valence-corrected chi connectivity index (χ3v) is 8.61. The molecule has 3 aromatic rings. The fourth-order valence-electron chi connectivity index (χ4n) is 6.57. The number of fused-ring (bicyclic) bond motifs is 3. The van der Waals surface area contributed by atoms with Gasteiger partial charge in [-0.15, -0.1) is 0 Å². The quantitative estimate of drug-likeness (QED) is 0.296. The SMILES string of the molecule is COc1ccc(Cn2c(=O)ccc3c(NNC(=O)C4(C)CC5CC(CC(C)(Br)C5)C4)cccc32)cc1. The molecular weight excluding hydrogens is 518 g/mol. The van der Waals surface area contributed by atoms with E-state index in [1.54, 1.807) is 17.7 Å². The third-order valence-electron chi connectivity index (χ3n) is 7.96. The van der Waals surface area contributed by atoms with Crippen molar-refractivity contribution in [3.63, 3.8) is 0 Å². The van der Waals surface area contributed by atoms with Gasteiger partial charge in [-0.25, -0.2) is 0 Å². The Balaban J connectivity index is 1.34. The van der Waals surface area contributed by atoms with Crippen molar-refractivity contribution in [2.75, 3.05) is 12.5 Å². The van der Waals surface area contributed by atoms with E-state index in [4.69, 9.17) is 4.74 Å². The topological polar surface area (TPSA) is 72.4 Å². The molecule has 2 N–H and O–H groups in total. The van der Waals surface area contributed by atoms with E-state index in [0.717, 1.165) is 53.6 Å². The first-order chi connectivity index (χ1) is 17.2. The Bertz CT molecular complexity index is 1320. The minimum atomic E-state index is -0.384. The second-order valence-corrected chi connectivity index (χ2v) is 13.1. The summed E-state index contributed by atoms with van der Waals surface area (Å²) in [7, 11) is 1.64. The summed E-state index contributed by atoms with van der Waals surface area (Å²) in [6, 6.07) is 16.9. The average molecular weight is 553 g/mol. The van der Waals surface area contributed by atoms with Crippen molar-refractivity contribution in [2.24, 2.45) is 17.3 Å². The van der Waals surface area contributed by atoms with E-state index < -0.39 is 0 Å². The standard InChI is InChI=1S/C29H34BrN3O3/c1-28(14-20-13-21(15-28)17-29(2,30)16-20)27(35)32-31-24-5-4-6-25-23(24)11-12-26(34)33(25)18-19-7-9-22(36-3)10-8-19/h4-12,20-21,31H,13-18H2,1-3H3,(H,32,35). The highest BCUT2D eigenvalue weighted by Gasteiger charge is 2.48. The largest absolute Gasteiger partial charge is 0.497 e. The molecule has 190 valence electrons. The molecular formula is C29H34BrN3O3. The van der Waals surface area contributed by atoms with Crippen LogP contribution in [0.15, 0.2) is 59.4 Å². The third kappa shape index (κ3) is 5.03. The lowest BCUT2D eigenvalue weighted by atomic mass is 9.59. The van der Waals surface area contributed by atoms with E-state index in [0.29, 0.717) is 18.4 Å². The average Bonchev–Trinajstić information content (AvgIpc) is 2.83. The van der Waals surface area contributed by atoms with E-state index >= 15 is 0 Å². The van der Waals surface area contributed by atoms with Crippen molar-refractivity contribution in [1.82, 2.24) is 9.99 Å². The summed E-state index contributed by atoms with van der Waals surface area (Å²) >= 11 is 3.90. The maximum Gasteiger partial charge on any atom is 0.251 e. The summed E-state index contributed by atoms with van der Waals surface area (Å²) in [5.74, 6) is 1.96. The number of hydrogen-bond donors (Lipinski definition) is 2. The predicted molar refractivity (Wildman–Crippen MR) is 148 cm³/mol. The predicted octanol–water partition coefficient (Wildman–Crippen LogP) is 5.87. The zero-order chi connectivity index (χ0) is 25.5. The van der Waals surface area contributed by atoms with Gasteiger partial charge >= 0.3 is 0 Å². The van der Waals surface area contributed by atoms with Crippen LogP contribution in [0.5, 0.6) is 5.75 Å². The monoisotopic (exact) mass is 551 g/mol. The molecule has 7 heteroatoms. The molecule has 1 heterocycles. The number of amides is 1. The highest BCUT2D eigenvalue weighted by Crippen LogP contribution is 2.53. The number of carbonyl (C=O) groups is 1. The van der Waals surface area contributed by atoms with Crippen LogP contribution in [0.3, 0.4) is 0 Å². The van der Waals surface area contributed by atoms with Gasteiger partial charge in [0.1, 0.15) is 5.75 Å². The van der Waals surface area contributed by atoms with Crippen LogP contribution < -0.4 is 21.1 Å². The van der Waals surface area contributed by atoms with Gasteiger partial charge in [-0.1, -0.05) is 41.1 Å². The number of ether oxygens (including phenoxy) is 1. The van der Waals surface area contributed by atoms with Gasteiger partial charge in [0.15, 0.2) is 0 Å². The molecule has 2 unspecified atom stereocenters. The first-order valence-corrected chi connectivity index (χ1v) is 13.5. The lowest BCUT2D eigenvalue weighted by molar-refractivity contribution is -0.134. The zero-order valence-electron chi connectivity index (χ0n) is 21.1. The van der Waals surface area contributed by atoms with E-state index in [-0.39, 0.29) is 21.2 Å². The van der Waals surface area contributed by atoms with Crippen LogP contribution in [0.25, 0.3) is 10.9 Å². The molecule has 6 nitrogen and oxygen atoms in total. The van der Waals surface area contributed by atoms with Crippen LogP contribution in [-0.2, 0) is 11.3 Å². The molecule has 2 fully saturated rings. The molecule has 0 saturated heterocycles. The molecule has 36 heavy (non-hydrogen) atoms. The van der Waals surface area contributed by atoms with Crippen molar-refractivity contribution in [1.29, 1.82) is 0 Å². The number of pyridine rings is 1. The Morgan fingerprint density at radius 3 is 2.39 bits per heavy atom. The Morgan fingerprint density at radius 2 is 1.72 bits per heavy atom. The van der Waals surface area contributed by atoms with Crippen LogP contribution in [0, 0.1) is 17.3 Å².